The second-order valence-electron chi connectivity index (χ2n) is 8.43. The fourth-order valence-corrected chi connectivity index (χ4v) is 5.03. The SMILES string of the molecule is CN1CCN([C@@H]2CCN(C3CCN(c4ccccc4F)CC3)C[C@H]2O)CC1. The topological polar surface area (TPSA) is 33.2 Å². The van der Waals surface area contributed by atoms with Crippen LogP contribution in [0.4, 0.5) is 10.1 Å². The standard InChI is InChI=1S/C21H33FN4O/c1-23-12-14-25(15-13-23)20-8-11-26(16-21(20)27)17-6-9-24(10-7-17)19-5-3-2-4-18(19)22/h2-5,17,20-21,27H,6-16H2,1H3/t20-,21-/m1/s1. The maximum Gasteiger partial charge on any atom is 0.146 e. The number of piperazine rings is 1. The zero-order valence-electron chi connectivity index (χ0n) is 16.4. The number of hydrogen-bond acceptors (Lipinski definition) is 5. The van der Waals surface area contributed by atoms with Crippen LogP contribution in [0.15, 0.2) is 24.3 Å². The van der Waals surface area contributed by atoms with Crippen LogP contribution < -0.4 is 4.90 Å². The van der Waals surface area contributed by atoms with Gasteiger partial charge in [-0.1, -0.05) is 12.1 Å². The number of anilines is 1. The lowest BCUT2D eigenvalue weighted by atomic mass is 9.94. The monoisotopic (exact) mass is 376 g/mol. The fourth-order valence-electron chi connectivity index (χ4n) is 5.03. The summed E-state index contributed by atoms with van der Waals surface area (Å²) in [6, 6.07) is 7.90. The van der Waals surface area contributed by atoms with E-state index in [1.54, 1.807) is 12.1 Å². The highest BCUT2D eigenvalue weighted by Gasteiger charge is 2.36. The molecule has 4 rings (SSSR count). The summed E-state index contributed by atoms with van der Waals surface area (Å²) < 4.78 is 14.0. The maximum atomic E-state index is 14.0. The second-order valence-corrected chi connectivity index (χ2v) is 8.43. The van der Waals surface area contributed by atoms with E-state index in [9.17, 15) is 9.50 Å². The van der Waals surface area contributed by atoms with E-state index in [4.69, 9.17) is 0 Å². The van der Waals surface area contributed by atoms with Crippen molar-refractivity contribution in [3.63, 3.8) is 0 Å². The molecule has 0 radical (unpaired) electrons. The van der Waals surface area contributed by atoms with Gasteiger partial charge in [-0.3, -0.25) is 9.80 Å². The van der Waals surface area contributed by atoms with E-state index in [2.05, 4.69) is 26.6 Å². The van der Waals surface area contributed by atoms with Crippen molar-refractivity contribution in [2.45, 2.75) is 37.5 Å². The van der Waals surface area contributed by atoms with Gasteiger partial charge in [0.2, 0.25) is 0 Å². The minimum Gasteiger partial charge on any atom is -0.390 e. The molecule has 0 unspecified atom stereocenters. The molecule has 1 N–H and O–H groups in total. The first kappa shape index (κ1) is 19.1. The summed E-state index contributed by atoms with van der Waals surface area (Å²) in [6.45, 7) is 7.96. The summed E-state index contributed by atoms with van der Waals surface area (Å²) in [7, 11) is 2.17. The van der Waals surface area contributed by atoms with E-state index in [0.717, 1.165) is 77.3 Å². The molecule has 3 aliphatic heterocycles. The first-order chi connectivity index (χ1) is 13.1. The van der Waals surface area contributed by atoms with Crippen LogP contribution in [0.5, 0.6) is 0 Å². The van der Waals surface area contributed by atoms with Crippen molar-refractivity contribution in [3.8, 4) is 0 Å². The highest BCUT2D eigenvalue weighted by atomic mass is 19.1. The number of likely N-dealkylation sites (tertiary alicyclic amines) is 1. The molecule has 6 heteroatoms. The van der Waals surface area contributed by atoms with E-state index in [0.29, 0.717) is 12.1 Å². The zero-order chi connectivity index (χ0) is 18.8. The molecule has 1 aromatic rings. The van der Waals surface area contributed by atoms with Crippen molar-refractivity contribution >= 4 is 5.69 Å². The number of rotatable bonds is 3. The number of likely N-dealkylation sites (N-methyl/N-ethyl adjacent to an activating group) is 1. The molecule has 0 aromatic heterocycles. The van der Waals surface area contributed by atoms with Gasteiger partial charge in [-0.2, -0.15) is 0 Å². The Morgan fingerprint density at radius 3 is 2.26 bits per heavy atom. The van der Waals surface area contributed by atoms with Crippen LogP contribution >= 0.6 is 0 Å². The van der Waals surface area contributed by atoms with Crippen LogP contribution in [0.25, 0.3) is 0 Å². The van der Waals surface area contributed by atoms with Crippen molar-refractivity contribution < 1.29 is 9.50 Å². The lowest BCUT2D eigenvalue weighted by Crippen LogP contribution is -2.60. The number of benzene rings is 1. The fraction of sp³-hybridized carbons (Fsp3) is 0.714. The van der Waals surface area contributed by atoms with Gasteiger partial charge in [0.25, 0.3) is 0 Å². The Kier molecular flexibility index (Phi) is 5.97. The van der Waals surface area contributed by atoms with Gasteiger partial charge in [0.1, 0.15) is 5.82 Å². The zero-order valence-corrected chi connectivity index (χ0v) is 16.4. The smallest absolute Gasteiger partial charge is 0.146 e. The number of piperidine rings is 2. The minimum atomic E-state index is -0.258. The third kappa shape index (κ3) is 4.29. The highest BCUT2D eigenvalue weighted by molar-refractivity contribution is 5.47. The Morgan fingerprint density at radius 1 is 0.889 bits per heavy atom. The summed E-state index contributed by atoms with van der Waals surface area (Å²) in [5.41, 5.74) is 0.727. The van der Waals surface area contributed by atoms with E-state index in [1.165, 1.54) is 0 Å². The molecule has 3 heterocycles. The first-order valence-corrected chi connectivity index (χ1v) is 10.5. The lowest BCUT2D eigenvalue weighted by molar-refractivity contribution is -0.0396. The third-order valence-electron chi connectivity index (χ3n) is 6.76. The normalized spacial score (nSPS) is 30.0. The molecule has 1 aromatic carbocycles. The Morgan fingerprint density at radius 2 is 1.59 bits per heavy atom. The minimum absolute atomic E-state index is 0.126. The molecule has 0 aliphatic carbocycles. The molecule has 150 valence electrons. The summed E-state index contributed by atoms with van der Waals surface area (Å²) in [4.78, 5) is 9.50. The van der Waals surface area contributed by atoms with Crippen molar-refractivity contribution in [2.75, 3.05) is 64.3 Å². The number of halogens is 1. The summed E-state index contributed by atoms with van der Waals surface area (Å²) in [5, 5.41) is 10.8. The number of aliphatic hydroxyl groups excluding tert-OH is 1. The Bertz CT molecular complexity index is 614. The molecule has 3 aliphatic rings. The highest BCUT2D eigenvalue weighted by Crippen LogP contribution is 2.27. The summed E-state index contributed by atoms with van der Waals surface area (Å²) in [6.07, 6.45) is 2.88. The van der Waals surface area contributed by atoms with E-state index >= 15 is 0 Å². The molecule has 5 nitrogen and oxygen atoms in total. The number of hydrogen-bond donors (Lipinski definition) is 1. The molecule has 0 amide bonds. The molecule has 2 atom stereocenters. The number of nitrogens with zero attached hydrogens (tertiary/aromatic N) is 4. The van der Waals surface area contributed by atoms with Gasteiger partial charge in [-0.05, 0) is 38.4 Å². The van der Waals surface area contributed by atoms with Crippen molar-refractivity contribution in [1.82, 2.24) is 14.7 Å². The van der Waals surface area contributed by atoms with Crippen LogP contribution in [0, 0.1) is 5.82 Å². The lowest BCUT2D eigenvalue weighted by Gasteiger charge is -2.47. The number of β-amino-alcohol motifs (C(OH)–C–C–N with tert-alkyl or cyclic N) is 1. The van der Waals surface area contributed by atoms with Crippen LogP contribution in [0.3, 0.4) is 0 Å². The molecule has 3 saturated heterocycles. The molecular weight excluding hydrogens is 343 g/mol. The van der Waals surface area contributed by atoms with Gasteiger partial charge in [-0.15, -0.1) is 0 Å². The number of para-hydroxylation sites is 1. The Labute approximate surface area is 162 Å². The number of aliphatic hydroxyl groups is 1. The van der Waals surface area contributed by atoms with E-state index in [-0.39, 0.29) is 11.9 Å². The van der Waals surface area contributed by atoms with Crippen molar-refractivity contribution in [3.05, 3.63) is 30.1 Å². The van der Waals surface area contributed by atoms with Crippen LogP contribution in [0.1, 0.15) is 19.3 Å². The molecule has 27 heavy (non-hydrogen) atoms. The second kappa shape index (κ2) is 8.43. The third-order valence-corrected chi connectivity index (χ3v) is 6.76. The van der Waals surface area contributed by atoms with Gasteiger partial charge in [0, 0.05) is 64.4 Å². The van der Waals surface area contributed by atoms with Crippen LogP contribution in [-0.4, -0.2) is 97.4 Å². The molecule has 0 spiro atoms. The first-order valence-electron chi connectivity index (χ1n) is 10.5. The van der Waals surface area contributed by atoms with Crippen molar-refractivity contribution in [2.24, 2.45) is 0 Å². The average Bonchev–Trinajstić information content (AvgIpc) is 2.69. The van der Waals surface area contributed by atoms with Crippen LogP contribution in [0.2, 0.25) is 0 Å². The van der Waals surface area contributed by atoms with E-state index in [1.807, 2.05) is 12.1 Å². The van der Waals surface area contributed by atoms with Crippen LogP contribution in [-0.2, 0) is 0 Å². The predicted molar refractivity (Wildman–Crippen MR) is 107 cm³/mol. The Hall–Kier alpha value is -1.21. The van der Waals surface area contributed by atoms with E-state index < -0.39 is 0 Å². The van der Waals surface area contributed by atoms with Gasteiger partial charge >= 0.3 is 0 Å². The predicted octanol–water partition coefficient (Wildman–Crippen LogP) is 1.48. The maximum absolute atomic E-state index is 14.0. The average molecular weight is 377 g/mol. The van der Waals surface area contributed by atoms with Gasteiger partial charge in [0.05, 0.1) is 11.8 Å². The van der Waals surface area contributed by atoms with Gasteiger partial charge in [0.15, 0.2) is 0 Å². The Balaban J connectivity index is 1.28. The molecule has 3 fully saturated rings. The van der Waals surface area contributed by atoms with Gasteiger partial charge in [-0.25, -0.2) is 4.39 Å². The molecular formula is C21H33FN4O. The molecule has 0 saturated carbocycles. The quantitative estimate of drug-likeness (QED) is 0.864. The summed E-state index contributed by atoms with van der Waals surface area (Å²) in [5.74, 6) is -0.126. The molecule has 0 bridgehead atoms. The summed E-state index contributed by atoms with van der Waals surface area (Å²) >= 11 is 0. The van der Waals surface area contributed by atoms with Gasteiger partial charge < -0.3 is 14.9 Å². The largest absolute Gasteiger partial charge is 0.390 e. The van der Waals surface area contributed by atoms with Crippen molar-refractivity contribution in [1.29, 1.82) is 0 Å².